The molecule has 2 aliphatic rings. The molecule has 1 nitrogen and oxygen atoms in total. The Morgan fingerprint density at radius 1 is 0.281 bits per heavy atom. The number of hydrogen-bond acceptors (Lipinski definition) is 0. The fourth-order valence-electron chi connectivity index (χ4n) is 10.0. The lowest BCUT2D eigenvalue weighted by atomic mass is 9.88. The van der Waals surface area contributed by atoms with Crippen LogP contribution in [0.5, 0.6) is 0 Å². The van der Waals surface area contributed by atoms with Crippen LogP contribution in [0.25, 0.3) is 72.0 Å². The Morgan fingerprint density at radius 3 is 1.30 bits per heavy atom. The van der Waals surface area contributed by atoms with Crippen molar-refractivity contribution in [3.05, 3.63) is 246 Å². The Morgan fingerprint density at radius 2 is 0.702 bits per heavy atom. The summed E-state index contributed by atoms with van der Waals surface area (Å²) < 4.78 is 2.39. The van der Waals surface area contributed by atoms with Crippen LogP contribution < -0.4 is 0 Å². The first kappa shape index (κ1) is 32.1. The molecule has 0 saturated heterocycles. The van der Waals surface area contributed by atoms with Crippen molar-refractivity contribution in [3.8, 4) is 50.2 Å². The highest BCUT2D eigenvalue weighted by molar-refractivity contribution is 6.10. The average molecular weight is 724 g/mol. The van der Waals surface area contributed by atoms with E-state index in [1.54, 1.807) is 0 Å². The van der Waals surface area contributed by atoms with Gasteiger partial charge in [0, 0.05) is 28.3 Å². The Labute approximate surface area is 332 Å². The second kappa shape index (κ2) is 12.7. The fraction of sp³-hybridized carbons (Fsp3) is 0.0357. The van der Waals surface area contributed by atoms with E-state index in [-0.39, 0.29) is 11.8 Å². The molecule has 0 saturated carbocycles. The van der Waals surface area contributed by atoms with E-state index in [1.165, 1.54) is 105 Å². The van der Waals surface area contributed by atoms with Gasteiger partial charge in [-0.15, -0.1) is 0 Å². The minimum Gasteiger partial charge on any atom is -0.309 e. The van der Waals surface area contributed by atoms with Crippen LogP contribution in [0.3, 0.4) is 0 Å². The summed E-state index contributed by atoms with van der Waals surface area (Å²) in [5.74, 6) is 0.432. The smallest absolute Gasteiger partial charge is 0.0541 e. The van der Waals surface area contributed by atoms with Gasteiger partial charge in [0.25, 0.3) is 0 Å². The maximum Gasteiger partial charge on any atom is 0.0541 e. The van der Waals surface area contributed by atoms with E-state index in [4.69, 9.17) is 0 Å². The molecule has 2 atom stereocenters. The van der Waals surface area contributed by atoms with Crippen molar-refractivity contribution < 1.29 is 0 Å². The molecule has 9 aromatic carbocycles. The first-order chi connectivity index (χ1) is 28.3. The van der Waals surface area contributed by atoms with Crippen LogP contribution in [0.4, 0.5) is 0 Å². The average Bonchev–Trinajstić information content (AvgIpc) is 3.92. The van der Waals surface area contributed by atoms with Crippen LogP contribution in [0.1, 0.15) is 45.2 Å². The van der Waals surface area contributed by atoms with Crippen LogP contribution >= 0.6 is 0 Å². The standard InChI is InChI=1S/C56H37N/c1-4-14-36(15-5-1)55-45-22-11-10-20-43(45)49-32-38(24-28-46(49)55)39-25-29-47-50(33-39)51-34-40(26-30-48(51)56(47)37-16-6-2-7-17-37)41-27-31-54-52(35-41)44-21-12-13-23-53(44)57(54)42-18-8-3-9-19-42/h1-35,55-56H. The van der Waals surface area contributed by atoms with Crippen LogP contribution in [0.15, 0.2) is 212 Å². The summed E-state index contributed by atoms with van der Waals surface area (Å²) in [5, 5.41) is 2.54. The van der Waals surface area contributed by atoms with Crippen LogP contribution in [-0.4, -0.2) is 4.57 Å². The van der Waals surface area contributed by atoms with Crippen molar-refractivity contribution in [3.63, 3.8) is 0 Å². The molecule has 0 N–H and O–H groups in total. The lowest BCUT2D eigenvalue weighted by molar-refractivity contribution is 1.01. The SMILES string of the molecule is c1ccc(C2c3ccccc3-c3cc(-c4ccc5c(c4)-c4cc(-c6ccc7c(c6)c6ccccc6n7-c6ccccc6)ccc4C5c4ccccc4)ccc32)cc1. The highest BCUT2D eigenvalue weighted by Gasteiger charge is 2.32. The van der Waals surface area contributed by atoms with Crippen LogP contribution in [-0.2, 0) is 0 Å². The third-order valence-electron chi connectivity index (χ3n) is 12.6. The molecular formula is C56H37N. The molecule has 2 unspecified atom stereocenters. The van der Waals surface area contributed by atoms with Gasteiger partial charge in [-0.25, -0.2) is 0 Å². The summed E-state index contributed by atoms with van der Waals surface area (Å²) in [5.41, 5.74) is 22.1. The zero-order valence-electron chi connectivity index (χ0n) is 31.3. The van der Waals surface area contributed by atoms with Crippen LogP contribution in [0, 0.1) is 0 Å². The first-order valence-corrected chi connectivity index (χ1v) is 20.0. The summed E-state index contributed by atoms with van der Waals surface area (Å²) in [7, 11) is 0. The van der Waals surface area contributed by atoms with Crippen molar-refractivity contribution in [2.45, 2.75) is 11.8 Å². The van der Waals surface area contributed by atoms with Crippen molar-refractivity contribution in [1.29, 1.82) is 0 Å². The Bertz CT molecular complexity index is 3170. The molecule has 266 valence electrons. The predicted molar refractivity (Wildman–Crippen MR) is 237 cm³/mol. The topological polar surface area (TPSA) is 4.93 Å². The number of hydrogen-bond donors (Lipinski definition) is 0. The highest BCUT2D eigenvalue weighted by atomic mass is 15.0. The predicted octanol–water partition coefficient (Wildman–Crippen LogP) is 14.4. The van der Waals surface area contributed by atoms with E-state index in [9.17, 15) is 0 Å². The van der Waals surface area contributed by atoms with Gasteiger partial charge < -0.3 is 4.57 Å². The second-order valence-electron chi connectivity index (χ2n) is 15.6. The van der Waals surface area contributed by atoms with Gasteiger partial charge in [0.05, 0.1) is 11.0 Å². The minimum absolute atomic E-state index is 0.184. The van der Waals surface area contributed by atoms with E-state index in [1.807, 2.05) is 0 Å². The molecular weight excluding hydrogens is 687 g/mol. The molecule has 1 aromatic heterocycles. The van der Waals surface area contributed by atoms with Crippen molar-refractivity contribution in [1.82, 2.24) is 4.57 Å². The summed E-state index contributed by atoms with van der Waals surface area (Å²) in [6, 6.07) is 78.9. The molecule has 0 radical (unpaired) electrons. The number of para-hydroxylation sites is 2. The highest BCUT2D eigenvalue weighted by Crippen LogP contribution is 2.52. The van der Waals surface area contributed by atoms with Crippen LogP contribution in [0.2, 0.25) is 0 Å². The summed E-state index contributed by atoms with van der Waals surface area (Å²) in [6.45, 7) is 0. The molecule has 12 rings (SSSR count). The van der Waals surface area contributed by atoms with E-state index in [2.05, 4.69) is 217 Å². The third kappa shape index (κ3) is 4.95. The normalized spacial score (nSPS) is 15.0. The fourth-order valence-corrected chi connectivity index (χ4v) is 10.0. The van der Waals surface area contributed by atoms with Crippen molar-refractivity contribution in [2.24, 2.45) is 0 Å². The second-order valence-corrected chi connectivity index (χ2v) is 15.6. The Hall–Kier alpha value is -7.22. The van der Waals surface area contributed by atoms with Gasteiger partial charge >= 0.3 is 0 Å². The maximum absolute atomic E-state index is 2.45. The number of nitrogens with zero attached hydrogens (tertiary/aromatic N) is 1. The monoisotopic (exact) mass is 723 g/mol. The Balaban J connectivity index is 0.997. The van der Waals surface area contributed by atoms with E-state index in [0.717, 1.165) is 0 Å². The lowest BCUT2D eigenvalue weighted by Crippen LogP contribution is -1.99. The van der Waals surface area contributed by atoms with Gasteiger partial charge in [0.15, 0.2) is 0 Å². The van der Waals surface area contributed by atoms with Gasteiger partial charge in [-0.3, -0.25) is 0 Å². The van der Waals surface area contributed by atoms with Gasteiger partial charge in [-0.05, 0) is 126 Å². The zero-order valence-corrected chi connectivity index (χ0v) is 31.3. The number of fused-ring (bicyclic) bond motifs is 9. The van der Waals surface area contributed by atoms with Crippen molar-refractivity contribution >= 4 is 21.8 Å². The molecule has 0 bridgehead atoms. The van der Waals surface area contributed by atoms with E-state index < -0.39 is 0 Å². The van der Waals surface area contributed by atoms with Gasteiger partial charge in [0.2, 0.25) is 0 Å². The first-order valence-electron chi connectivity index (χ1n) is 20.0. The largest absolute Gasteiger partial charge is 0.309 e. The van der Waals surface area contributed by atoms with Gasteiger partial charge in [-0.1, -0.05) is 164 Å². The Kier molecular flexibility index (Phi) is 7.12. The van der Waals surface area contributed by atoms with Crippen molar-refractivity contribution in [2.75, 3.05) is 0 Å². The summed E-state index contributed by atoms with van der Waals surface area (Å²) in [4.78, 5) is 0. The minimum atomic E-state index is 0.184. The zero-order chi connectivity index (χ0) is 37.5. The lowest BCUT2D eigenvalue weighted by Gasteiger charge is -2.15. The quantitative estimate of drug-likeness (QED) is 0.167. The molecule has 57 heavy (non-hydrogen) atoms. The van der Waals surface area contributed by atoms with Gasteiger partial charge in [-0.2, -0.15) is 0 Å². The molecule has 10 aromatic rings. The molecule has 0 aliphatic heterocycles. The maximum atomic E-state index is 2.45. The number of aromatic nitrogens is 1. The molecule has 0 amide bonds. The molecule has 1 heteroatoms. The van der Waals surface area contributed by atoms with E-state index in [0.29, 0.717) is 0 Å². The van der Waals surface area contributed by atoms with Gasteiger partial charge in [0.1, 0.15) is 0 Å². The third-order valence-corrected chi connectivity index (χ3v) is 12.6. The molecule has 0 spiro atoms. The van der Waals surface area contributed by atoms with E-state index >= 15 is 0 Å². The molecule has 0 fully saturated rings. The summed E-state index contributed by atoms with van der Waals surface area (Å²) in [6.07, 6.45) is 0. The molecule has 2 aliphatic carbocycles. The molecule has 1 heterocycles. The summed E-state index contributed by atoms with van der Waals surface area (Å²) >= 11 is 0. The number of benzene rings is 9. The number of rotatable bonds is 5.